The topological polar surface area (TPSA) is 42.2 Å². The minimum Gasteiger partial charge on any atom is -0.490 e. The summed E-state index contributed by atoms with van der Waals surface area (Å²) in [5, 5.41) is 8.56. The summed E-state index contributed by atoms with van der Waals surface area (Å²) in [6.07, 6.45) is 3.08. The van der Waals surface area contributed by atoms with Crippen molar-refractivity contribution in [3.63, 3.8) is 0 Å². The van der Waals surface area contributed by atoms with E-state index in [9.17, 15) is 4.39 Å². The summed E-state index contributed by atoms with van der Waals surface area (Å²) in [5.74, 6) is 0.812. The van der Waals surface area contributed by atoms with Crippen LogP contribution in [0.15, 0.2) is 48.5 Å². The molecule has 2 aromatic rings. The SMILES string of the molecule is CCOc1cc(/C=C/C#N)ccc1OCc1ccccc1F. The van der Waals surface area contributed by atoms with E-state index >= 15 is 0 Å². The number of hydrogen-bond donors (Lipinski definition) is 0. The summed E-state index contributed by atoms with van der Waals surface area (Å²) < 4.78 is 24.8. The Hall–Kier alpha value is -2.80. The molecule has 0 aliphatic heterocycles. The van der Waals surface area contributed by atoms with Crippen LogP contribution in [0.25, 0.3) is 6.08 Å². The third kappa shape index (κ3) is 4.10. The lowest BCUT2D eigenvalue weighted by Crippen LogP contribution is -2.01. The standard InChI is InChI=1S/C18H16FNO2/c1-2-21-18-12-14(6-5-11-20)9-10-17(18)22-13-15-7-3-4-8-16(15)19/h3-10,12H,2,13H2,1H3/b6-5+. The zero-order chi connectivity index (χ0) is 15.8. The third-order valence-corrected chi connectivity index (χ3v) is 2.96. The maximum Gasteiger partial charge on any atom is 0.161 e. The molecule has 0 heterocycles. The van der Waals surface area contributed by atoms with Gasteiger partial charge in [-0.05, 0) is 36.8 Å². The number of allylic oxidation sites excluding steroid dienone is 1. The Kier molecular flexibility index (Phi) is 5.56. The van der Waals surface area contributed by atoms with E-state index in [-0.39, 0.29) is 12.4 Å². The van der Waals surface area contributed by atoms with Crippen LogP contribution < -0.4 is 9.47 Å². The maximum atomic E-state index is 13.6. The molecule has 0 saturated heterocycles. The number of nitrogens with zero attached hydrogens (tertiary/aromatic N) is 1. The molecule has 0 aromatic heterocycles. The number of halogens is 1. The normalized spacial score (nSPS) is 10.4. The molecule has 0 spiro atoms. The highest BCUT2D eigenvalue weighted by molar-refractivity contribution is 5.57. The van der Waals surface area contributed by atoms with Crippen molar-refractivity contribution >= 4 is 6.08 Å². The molecule has 0 aliphatic rings. The first-order chi connectivity index (χ1) is 10.7. The van der Waals surface area contributed by atoms with Gasteiger partial charge in [-0.1, -0.05) is 24.3 Å². The average Bonchev–Trinajstić information content (AvgIpc) is 2.53. The van der Waals surface area contributed by atoms with E-state index in [1.165, 1.54) is 12.1 Å². The highest BCUT2D eigenvalue weighted by atomic mass is 19.1. The van der Waals surface area contributed by atoms with Crippen molar-refractivity contribution in [3.05, 3.63) is 65.5 Å². The lowest BCUT2D eigenvalue weighted by atomic mass is 10.2. The number of rotatable bonds is 6. The van der Waals surface area contributed by atoms with Crippen LogP contribution in [0, 0.1) is 17.1 Å². The molecular formula is C18H16FNO2. The van der Waals surface area contributed by atoms with Crippen molar-refractivity contribution in [1.29, 1.82) is 5.26 Å². The molecule has 0 aliphatic carbocycles. The summed E-state index contributed by atoms with van der Waals surface area (Å²) in [6.45, 7) is 2.49. The van der Waals surface area contributed by atoms with Crippen molar-refractivity contribution in [2.45, 2.75) is 13.5 Å². The van der Waals surface area contributed by atoms with Crippen LogP contribution in [0.4, 0.5) is 4.39 Å². The Labute approximate surface area is 129 Å². The Morgan fingerprint density at radius 3 is 2.68 bits per heavy atom. The van der Waals surface area contributed by atoms with Crippen molar-refractivity contribution < 1.29 is 13.9 Å². The predicted octanol–water partition coefficient (Wildman–Crippen LogP) is 4.34. The fraction of sp³-hybridized carbons (Fsp3) is 0.167. The number of nitriles is 1. The zero-order valence-electron chi connectivity index (χ0n) is 12.3. The van der Waals surface area contributed by atoms with Crippen molar-refractivity contribution in [2.24, 2.45) is 0 Å². The van der Waals surface area contributed by atoms with Crippen LogP contribution in [-0.2, 0) is 6.61 Å². The highest BCUT2D eigenvalue weighted by Gasteiger charge is 2.08. The van der Waals surface area contributed by atoms with E-state index in [1.807, 2.05) is 19.1 Å². The Morgan fingerprint density at radius 1 is 1.14 bits per heavy atom. The van der Waals surface area contributed by atoms with Gasteiger partial charge in [0.05, 0.1) is 12.7 Å². The molecule has 0 atom stereocenters. The second kappa shape index (κ2) is 7.84. The summed E-state index contributed by atoms with van der Waals surface area (Å²) in [6, 6.07) is 13.8. The molecule has 0 unspecified atom stereocenters. The van der Waals surface area contributed by atoms with Crippen molar-refractivity contribution in [3.8, 4) is 17.6 Å². The van der Waals surface area contributed by atoms with Gasteiger partial charge in [-0.3, -0.25) is 0 Å². The van der Waals surface area contributed by atoms with E-state index in [0.29, 0.717) is 23.7 Å². The van der Waals surface area contributed by atoms with Crippen molar-refractivity contribution in [2.75, 3.05) is 6.61 Å². The van der Waals surface area contributed by atoms with E-state index < -0.39 is 0 Å². The predicted molar refractivity (Wildman–Crippen MR) is 83.0 cm³/mol. The summed E-state index contributed by atoms with van der Waals surface area (Å²) in [5.41, 5.74) is 1.32. The smallest absolute Gasteiger partial charge is 0.161 e. The summed E-state index contributed by atoms with van der Waals surface area (Å²) in [7, 11) is 0. The Morgan fingerprint density at radius 2 is 1.95 bits per heavy atom. The summed E-state index contributed by atoms with van der Waals surface area (Å²) in [4.78, 5) is 0. The van der Waals surface area contributed by atoms with E-state index in [0.717, 1.165) is 5.56 Å². The third-order valence-electron chi connectivity index (χ3n) is 2.96. The van der Waals surface area contributed by atoms with Gasteiger partial charge in [0, 0.05) is 11.6 Å². The second-order valence-electron chi connectivity index (χ2n) is 4.48. The van der Waals surface area contributed by atoms with Gasteiger partial charge in [-0.15, -0.1) is 0 Å². The van der Waals surface area contributed by atoms with Gasteiger partial charge in [-0.25, -0.2) is 4.39 Å². The molecule has 0 fully saturated rings. The lowest BCUT2D eigenvalue weighted by Gasteiger charge is -2.13. The van der Waals surface area contributed by atoms with Gasteiger partial charge in [0.15, 0.2) is 11.5 Å². The van der Waals surface area contributed by atoms with E-state index in [1.54, 1.807) is 36.4 Å². The molecule has 2 rings (SSSR count). The first kappa shape index (κ1) is 15.6. The van der Waals surface area contributed by atoms with Gasteiger partial charge in [0.25, 0.3) is 0 Å². The minimum atomic E-state index is -0.297. The lowest BCUT2D eigenvalue weighted by molar-refractivity contribution is 0.266. The molecule has 0 amide bonds. The molecule has 3 nitrogen and oxygen atoms in total. The largest absolute Gasteiger partial charge is 0.490 e. The van der Waals surface area contributed by atoms with Crippen LogP contribution in [0.3, 0.4) is 0 Å². The second-order valence-corrected chi connectivity index (χ2v) is 4.48. The van der Waals surface area contributed by atoms with Gasteiger partial charge in [-0.2, -0.15) is 5.26 Å². The fourth-order valence-corrected chi connectivity index (χ4v) is 1.92. The number of ether oxygens (including phenoxy) is 2. The molecule has 4 heteroatoms. The number of benzene rings is 2. The Bertz CT molecular complexity index is 704. The molecule has 0 bridgehead atoms. The van der Waals surface area contributed by atoms with Crippen LogP contribution in [0.5, 0.6) is 11.5 Å². The average molecular weight is 297 g/mol. The molecular weight excluding hydrogens is 281 g/mol. The molecule has 0 radical (unpaired) electrons. The molecule has 22 heavy (non-hydrogen) atoms. The minimum absolute atomic E-state index is 0.125. The monoisotopic (exact) mass is 297 g/mol. The quantitative estimate of drug-likeness (QED) is 0.745. The van der Waals surface area contributed by atoms with Gasteiger partial charge in [0.1, 0.15) is 12.4 Å². The molecule has 2 aromatic carbocycles. The zero-order valence-corrected chi connectivity index (χ0v) is 12.3. The van der Waals surface area contributed by atoms with E-state index in [2.05, 4.69) is 0 Å². The summed E-state index contributed by atoms with van der Waals surface area (Å²) >= 11 is 0. The maximum absolute atomic E-state index is 13.6. The van der Waals surface area contributed by atoms with Crippen LogP contribution >= 0.6 is 0 Å². The first-order valence-electron chi connectivity index (χ1n) is 6.93. The van der Waals surface area contributed by atoms with Gasteiger partial charge >= 0.3 is 0 Å². The Balaban J connectivity index is 2.17. The molecule has 0 N–H and O–H groups in total. The van der Waals surface area contributed by atoms with Gasteiger partial charge < -0.3 is 9.47 Å². The van der Waals surface area contributed by atoms with Crippen LogP contribution in [0.1, 0.15) is 18.1 Å². The highest BCUT2D eigenvalue weighted by Crippen LogP contribution is 2.30. The first-order valence-corrected chi connectivity index (χ1v) is 6.93. The van der Waals surface area contributed by atoms with E-state index in [4.69, 9.17) is 14.7 Å². The molecule has 0 saturated carbocycles. The van der Waals surface area contributed by atoms with Crippen LogP contribution in [-0.4, -0.2) is 6.61 Å². The fourth-order valence-electron chi connectivity index (χ4n) is 1.92. The van der Waals surface area contributed by atoms with Crippen LogP contribution in [0.2, 0.25) is 0 Å². The van der Waals surface area contributed by atoms with Gasteiger partial charge in [0.2, 0.25) is 0 Å². The molecule has 112 valence electrons. The number of hydrogen-bond acceptors (Lipinski definition) is 3. The van der Waals surface area contributed by atoms with Crippen molar-refractivity contribution in [1.82, 2.24) is 0 Å².